The molecule has 2 N–H and O–H groups in total. The number of allylic oxidation sites excluding steroid dienone is 4. The van der Waals surface area contributed by atoms with Crippen molar-refractivity contribution in [2.24, 2.45) is 11.7 Å². The highest BCUT2D eigenvalue weighted by molar-refractivity contribution is 5.93. The average molecular weight is 214 g/mol. The van der Waals surface area contributed by atoms with Crippen molar-refractivity contribution in [2.75, 3.05) is 0 Å². The second kappa shape index (κ2) is 4.75. The molecule has 3 nitrogen and oxygen atoms in total. The van der Waals surface area contributed by atoms with Gasteiger partial charge in [-0.05, 0) is 30.4 Å². The normalized spacial score (nSPS) is 18.6. The molecule has 0 aliphatic heterocycles. The van der Waals surface area contributed by atoms with Crippen molar-refractivity contribution in [2.45, 2.75) is 12.8 Å². The first-order valence-electron chi connectivity index (χ1n) is 5.33. The second-order valence-electron chi connectivity index (χ2n) is 3.91. The Kier molecular flexibility index (Phi) is 3.15. The Labute approximate surface area is 94.7 Å². The van der Waals surface area contributed by atoms with Gasteiger partial charge in [0, 0.05) is 12.4 Å². The molecular weight excluding hydrogens is 200 g/mol. The van der Waals surface area contributed by atoms with Gasteiger partial charge in [-0.25, -0.2) is 0 Å². The fraction of sp³-hybridized carbons (Fsp3) is 0.231. The Hall–Kier alpha value is -1.90. The average Bonchev–Trinajstić information content (AvgIpc) is 2.31. The third kappa shape index (κ3) is 2.37. The number of hydrogen-bond donors (Lipinski definition) is 1. The minimum atomic E-state index is -0.404. The molecule has 1 aromatic heterocycles. The van der Waals surface area contributed by atoms with Gasteiger partial charge in [-0.3, -0.25) is 9.78 Å². The van der Waals surface area contributed by atoms with Crippen molar-refractivity contribution in [1.82, 2.24) is 4.98 Å². The summed E-state index contributed by atoms with van der Waals surface area (Å²) in [6.45, 7) is 0. The van der Waals surface area contributed by atoms with Crippen LogP contribution in [0.2, 0.25) is 0 Å². The van der Waals surface area contributed by atoms with Crippen LogP contribution >= 0.6 is 0 Å². The molecule has 0 saturated heterocycles. The van der Waals surface area contributed by atoms with Crippen molar-refractivity contribution >= 4 is 5.91 Å². The number of primary amides is 1. The summed E-state index contributed by atoms with van der Waals surface area (Å²) in [4.78, 5) is 15.1. The van der Waals surface area contributed by atoms with Gasteiger partial charge in [0.2, 0.25) is 0 Å². The number of aromatic nitrogens is 1. The van der Waals surface area contributed by atoms with E-state index in [1.165, 1.54) is 0 Å². The number of rotatable bonds is 3. The van der Waals surface area contributed by atoms with Crippen LogP contribution < -0.4 is 5.73 Å². The summed E-state index contributed by atoms with van der Waals surface area (Å²) in [5.41, 5.74) is 6.82. The number of pyridine rings is 1. The van der Waals surface area contributed by atoms with Crippen molar-refractivity contribution in [3.63, 3.8) is 0 Å². The molecule has 1 atom stereocenters. The maximum absolute atomic E-state index is 11.2. The third-order valence-corrected chi connectivity index (χ3v) is 2.73. The van der Waals surface area contributed by atoms with E-state index in [9.17, 15) is 4.79 Å². The zero-order valence-corrected chi connectivity index (χ0v) is 8.97. The van der Waals surface area contributed by atoms with Crippen LogP contribution in [0.25, 0.3) is 0 Å². The molecule has 2 rings (SSSR count). The molecule has 0 radical (unpaired) electrons. The molecule has 3 heteroatoms. The molecule has 0 saturated carbocycles. The minimum absolute atomic E-state index is 0.404. The number of carbonyl (C=O) groups excluding carboxylic acids is 1. The minimum Gasteiger partial charge on any atom is -0.366 e. The predicted octanol–water partition coefficient (Wildman–Crippen LogP) is 1.86. The molecule has 16 heavy (non-hydrogen) atoms. The topological polar surface area (TPSA) is 56.0 Å². The van der Waals surface area contributed by atoms with Gasteiger partial charge in [-0.2, -0.15) is 0 Å². The first-order valence-corrected chi connectivity index (χ1v) is 5.33. The van der Waals surface area contributed by atoms with Crippen molar-refractivity contribution in [1.29, 1.82) is 0 Å². The first-order chi connectivity index (χ1) is 7.77. The van der Waals surface area contributed by atoms with Crippen molar-refractivity contribution in [3.8, 4) is 0 Å². The van der Waals surface area contributed by atoms with E-state index in [-0.39, 0.29) is 0 Å². The lowest BCUT2D eigenvalue weighted by Crippen LogP contribution is -2.15. The lowest BCUT2D eigenvalue weighted by Gasteiger charge is -2.14. The molecular formula is C13H14N2O. The summed E-state index contributed by atoms with van der Waals surface area (Å²) in [6.07, 6.45) is 13.5. The van der Waals surface area contributed by atoms with E-state index in [2.05, 4.69) is 17.1 Å². The van der Waals surface area contributed by atoms with Gasteiger partial charge >= 0.3 is 0 Å². The molecule has 1 aliphatic rings. The van der Waals surface area contributed by atoms with Crippen LogP contribution in [0, 0.1) is 5.92 Å². The summed E-state index contributed by atoms with van der Waals surface area (Å²) >= 11 is 0. The first kappa shape index (κ1) is 10.6. The van der Waals surface area contributed by atoms with Gasteiger partial charge in [0.15, 0.2) is 0 Å². The van der Waals surface area contributed by atoms with Crippen molar-refractivity contribution in [3.05, 3.63) is 53.9 Å². The Bertz CT molecular complexity index is 449. The number of nitrogens with zero attached hydrogens (tertiary/aromatic N) is 1. The Morgan fingerprint density at radius 3 is 3.06 bits per heavy atom. The smallest absolute Gasteiger partial charge is 0.250 e. The zero-order valence-electron chi connectivity index (χ0n) is 8.97. The fourth-order valence-corrected chi connectivity index (χ4v) is 1.89. The number of nitrogens with two attached hydrogens (primary N) is 1. The van der Waals surface area contributed by atoms with Crippen LogP contribution in [0.3, 0.4) is 0 Å². The quantitative estimate of drug-likeness (QED) is 0.834. The summed E-state index contributed by atoms with van der Waals surface area (Å²) in [6, 6.07) is 1.87. The maximum atomic E-state index is 11.2. The second-order valence-corrected chi connectivity index (χ2v) is 3.91. The molecule has 1 unspecified atom stereocenters. The van der Waals surface area contributed by atoms with E-state index in [1.807, 2.05) is 18.2 Å². The molecule has 0 aromatic carbocycles. The van der Waals surface area contributed by atoms with Crippen LogP contribution in [0.5, 0.6) is 0 Å². The molecule has 1 heterocycles. The SMILES string of the molecule is NC(=O)c1cnccc1CC1C=CC=CC1. The van der Waals surface area contributed by atoms with Gasteiger partial charge < -0.3 is 5.73 Å². The van der Waals surface area contributed by atoms with E-state index in [0.717, 1.165) is 18.4 Å². The summed E-state index contributed by atoms with van der Waals surface area (Å²) < 4.78 is 0. The van der Waals surface area contributed by atoms with E-state index in [1.54, 1.807) is 12.4 Å². The molecule has 82 valence electrons. The van der Waals surface area contributed by atoms with Gasteiger partial charge in [-0.15, -0.1) is 0 Å². The molecule has 0 bridgehead atoms. The van der Waals surface area contributed by atoms with E-state index < -0.39 is 5.91 Å². The largest absolute Gasteiger partial charge is 0.366 e. The number of hydrogen-bond acceptors (Lipinski definition) is 2. The Morgan fingerprint density at radius 2 is 2.38 bits per heavy atom. The zero-order chi connectivity index (χ0) is 11.4. The predicted molar refractivity (Wildman–Crippen MR) is 62.8 cm³/mol. The Morgan fingerprint density at radius 1 is 1.50 bits per heavy atom. The standard InChI is InChI=1S/C13H14N2O/c14-13(16)12-9-15-7-6-11(12)8-10-4-2-1-3-5-10/h1-4,6-7,9-10H,5,8H2,(H2,14,16). The molecule has 1 aromatic rings. The highest BCUT2D eigenvalue weighted by atomic mass is 16.1. The van der Waals surface area contributed by atoms with Crippen LogP contribution in [0.15, 0.2) is 42.8 Å². The highest BCUT2D eigenvalue weighted by Gasteiger charge is 2.12. The summed E-state index contributed by atoms with van der Waals surface area (Å²) in [5.74, 6) is 0.0453. The maximum Gasteiger partial charge on any atom is 0.250 e. The Balaban J connectivity index is 2.17. The lowest BCUT2D eigenvalue weighted by atomic mass is 9.91. The van der Waals surface area contributed by atoms with Crippen LogP contribution in [0.1, 0.15) is 22.3 Å². The van der Waals surface area contributed by atoms with Crippen LogP contribution in [0.4, 0.5) is 0 Å². The summed E-state index contributed by atoms with van der Waals surface area (Å²) in [5, 5.41) is 0. The number of carbonyl (C=O) groups is 1. The highest BCUT2D eigenvalue weighted by Crippen LogP contribution is 2.19. The van der Waals surface area contributed by atoms with Gasteiger partial charge in [0.1, 0.15) is 0 Å². The lowest BCUT2D eigenvalue weighted by molar-refractivity contribution is 0.0999. The summed E-state index contributed by atoms with van der Waals surface area (Å²) in [7, 11) is 0. The van der Waals surface area contributed by atoms with Gasteiger partial charge in [0.05, 0.1) is 5.56 Å². The van der Waals surface area contributed by atoms with E-state index in [0.29, 0.717) is 11.5 Å². The molecule has 0 spiro atoms. The van der Waals surface area contributed by atoms with Crippen molar-refractivity contribution < 1.29 is 4.79 Å². The molecule has 1 aliphatic carbocycles. The molecule has 0 fully saturated rings. The van der Waals surface area contributed by atoms with E-state index >= 15 is 0 Å². The van der Waals surface area contributed by atoms with Crippen LogP contribution in [-0.4, -0.2) is 10.9 Å². The van der Waals surface area contributed by atoms with Gasteiger partial charge in [-0.1, -0.05) is 24.3 Å². The van der Waals surface area contributed by atoms with E-state index in [4.69, 9.17) is 5.73 Å². The third-order valence-electron chi connectivity index (χ3n) is 2.73. The monoisotopic (exact) mass is 214 g/mol. The number of amides is 1. The van der Waals surface area contributed by atoms with Gasteiger partial charge in [0.25, 0.3) is 5.91 Å². The molecule has 1 amide bonds. The fourth-order valence-electron chi connectivity index (χ4n) is 1.89. The van der Waals surface area contributed by atoms with Crippen LogP contribution in [-0.2, 0) is 6.42 Å².